The summed E-state index contributed by atoms with van der Waals surface area (Å²) in [4.78, 5) is 23.5. The van der Waals surface area contributed by atoms with E-state index in [0.29, 0.717) is 0 Å². The van der Waals surface area contributed by atoms with Gasteiger partial charge in [-0.25, -0.2) is 15.0 Å². The van der Waals surface area contributed by atoms with Gasteiger partial charge in [0.05, 0.1) is 5.56 Å². The molecule has 0 aliphatic carbocycles. The summed E-state index contributed by atoms with van der Waals surface area (Å²) >= 11 is 34.8. The fourth-order valence-electron chi connectivity index (χ4n) is 1.64. The Kier molecular flexibility index (Phi) is 5.51. The van der Waals surface area contributed by atoms with Crippen LogP contribution in [0.2, 0.25) is 0 Å². The largest absolute Gasteiger partial charge is 0.366 e. The van der Waals surface area contributed by atoms with Gasteiger partial charge in [0.15, 0.2) is 17.5 Å². The molecule has 0 spiro atoms. The lowest BCUT2D eigenvalue weighted by atomic mass is 10.1. The Morgan fingerprint density at radius 2 is 1.35 bits per heavy atom. The van der Waals surface area contributed by atoms with E-state index in [9.17, 15) is 4.79 Å². The first-order chi connectivity index (χ1) is 10.5. The number of primary amides is 1. The van der Waals surface area contributed by atoms with Gasteiger partial charge in [-0.15, -0.1) is 0 Å². The number of aromatic nitrogens is 3. The molecule has 0 bridgehead atoms. The van der Waals surface area contributed by atoms with Crippen LogP contribution >= 0.6 is 69.6 Å². The summed E-state index contributed by atoms with van der Waals surface area (Å²) in [7, 11) is 0. The van der Waals surface area contributed by atoms with Gasteiger partial charge in [-0.05, 0) is 6.07 Å². The minimum atomic E-state index is -1.98. The molecule has 0 fully saturated rings. The zero-order valence-corrected chi connectivity index (χ0v) is 15.4. The lowest BCUT2D eigenvalue weighted by molar-refractivity contribution is 0.100. The molecule has 1 aromatic carbocycles. The maximum absolute atomic E-state index is 11.6. The second-order valence-corrected chi connectivity index (χ2v) is 8.77. The number of carbonyl (C=O) groups excluding carboxylic acids is 1. The molecule has 0 unspecified atom stereocenters. The highest BCUT2D eigenvalue weighted by Gasteiger charge is 2.34. The molecule has 1 heterocycles. The first kappa shape index (κ1) is 18.8. The average Bonchev–Trinajstić information content (AvgIpc) is 2.45. The van der Waals surface area contributed by atoms with Crippen LogP contribution in [0.4, 0.5) is 0 Å². The maximum Gasteiger partial charge on any atom is 0.250 e. The maximum atomic E-state index is 11.6. The van der Waals surface area contributed by atoms with Gasteiger partial charge in [0.1, 0.15) is 0 Å². The average molecular weight is 435 g/mol. The third kappa shape index (κ3) is 4.50. The zero-order valence-electron chi connectivity index (χ0n) is 10.9. The smallest absolute Gasteiger partial charge is 0.250 e. The SMILES string of the molecule is NC(=O)c1ccccc1-c1nc(C(Cl)(Cl)Cl)nc(C(Cl)(Cl)Cl)n1. The highest BCUT2D eigenvalue weighted by atomic mass is 35.6. The standard InChI is InChI=1S/C12H6Cl6N4O/c13-11(14,15)9-20-8(21-10(22-9)12(16,17)18)6-4-2-1-3-5(6)7(19)23/h1-4H,(H2,19,23). The lowest BCUT2D eigenvalue weighted by Gasteiger charge is -2.16. The summed E-state index contributed by atoms with van der Waals surface area (Å²) in [5, 5.41) is 0. The van der Waals surface area contributed by atoms with Crippen molar-refractivity contribution in [1.82, 2.24) is 15.0 Å². The molecular formula is C12H6Cl6N4O. The number of alkyl halides is 6. The van der Waals surface area contributed by atoms with Crippen LogP contribution in [0, 0.1) is 0 Å². The van der Waals surface area contributed by atoms with Crippen molar-refractivity contribution in [3.05, 3.63) is 41.5 Å². The van der Waals surface area contributed by atoms with Crippen LogP contribution in [0.5, 0.6) is 0 Å². The number of benzene rings is 1. The van der Waals surface area contributed by atoms with E-state index in [1.54, 1.807) is 18.2 Å². The van der Waals surface area contributed by atoms with Gasteiger partial charge in [0, 0.05) is 5.56 Å². The predicted octanol–water partition coefficient (Wildman–Crippen LogP) is 4.29. The van der Waals surface area contributed by atoms with E-state index in [1.807, 2.05) is 0 Å². The molecule has 5 nitrogen and oxygen atoms in total. The van der Waals surface area contributed by atoms with E-state index in [2.05, 4.69) is 15.0 Å². The molecule has 11 heteroatoms. The molecule has 1 aromatic heterocycles. The molecule has 0 saturated carbocycles. The number of rotatable bonds is 2. The second-order valence-electron chi connectivity index (χ2n) is 4.21. The minimum Gasteiger partial charge on any atom is -0.366 e. The second kappa shape index (κ2) is 6.75. The fraction of sp³-hybridized carbons (Fsp3) is 0.167. The van der Waals surface area contributed by atoms with Crippen molar-refractivity contribution in [2.24, 2.45) is 5.73 Å². The van der Waals surface area contributed by atoms with Gasteiger partial charge >= 0.3 is 0 Å². The van der Waals surface area contributed by atoms with Gasteiger partial charge in [-0.3, -0.25) is 4.79 Å². The van der Waals surface area contributed by atoms with E-state index in [1.165, 1.54) is 6.07 Å². The number of hydrogen-bond acceptors (Lipinski definition) is 4. The Morgan fingerprint density at radius 3 is 1.78 bits per heavy atom. The molecule has 23 heavy (non-hydrogen) atoms. The van der Waals surface area contributed by atoms with E-state index < -0.39 is 13.5 Å². The minimum absolute atomic E-state index is 0.0166. The summed E-state index contributed by atoms with van der Waals surface area (Å²) in [6, 6.07) is 6.32. The molecule has 0 aliphatic heterocycles. The summed E-state index contributed by atoms with van der Waals surface area (Å²) < 4.78 is -3.96. The summed E-state index contributed by atoms with van der Waals surface area (Å²) in [5.41, 5.74) is 5.78. The molecule has 1 amide bonds. The van der Waals surface area contributed by atoms with Crippen molar-refractivity contribution >= 4 is 75.5 Å². The van der Waals surface area contributed by atoms with Crippen LogP contribution in [0.3, 0.4) is 0 Å². The van der Waals surface area contributed by atoms with Gasteiger partial charge in [0.25, 0.3) is 0 Å². The van der Waals surface area contributed by atoms with Crippen LogP contribution in [0.25, 0.3) is 11.4 Å². The molecule has 0 atom stereocenters. The monoisotopic (exact) mass is 432 g/mol. The first-order valence-corrected chi connectivity index (χ1v) is 8.06. The fourth-order valence-corrected chi connectivity index (χ4v) is 2.15. The van der Waals surface area contributed by atoms with Crippen LogP contribution in [-0.4, -0.2) is 20.9 Å². The Hall–Kier alpha value is -0.560. The quantitative estimate of drug-likeness (QED) is 0.715. The Bertz CT molecular complexity index is 724. The van der Waals surface area contributed by atoms with E-state index in [-0.39, 0.29) is 28.6 Å². The third-order valence-electron chi connectivity index (χ3n) is 2.58. The molecule has 0 radical (unpaired) electrons. The van der Waals surface area contributed by atoms with Crippen molar-refractivity contribution in [3.8, 4) is 11.4 Å². The Balaban J connectivity index is 2.75. The molecule has 122 valence electrons. The summed E-state index contributed by atoms with van der Waals surface area (Å²) in [6.07, 6.45) is 0. The van der Waals surface area contributed by atoms with Gasteiger partial charge in [-0.2, -0.15) is 0 Å². The first-order valence-electron chi connectivity index (χ1n) is 5.80. The Labute approximate surface area is 161 Å². The van der Waals surface area contributed by atoms with Crippen molar-refractivity contribution in [2.75, 3.05) is 0 Å². The van der Waals surface area contributed by atoms with Crippen molar-refractivity contribution in [1.29, 1.82) is 0 Å². The zero-order chi connectivity index (χ0) is 17.4. The number of nitrogens with two attached hydrogens (primary N) is 1. The number of carbonyl (C=O) groups is 1. The number of nitrogens with zero attached hydrogens (tertiary/aromatic N) is 3. The predicted molar refractivity (Wildman–Crippen MR) is 92.3 cm³/mol. The molecule has 2 aromatic rings. The van der Waals surface area contributed by atoms with Gasteiger partial charge in [-0.1, -0.05) is 87.8 Å². The molecule has 0 aliphatic rings. The van der Waals surface area contributed by atoms with E-state index in [4.69, 9.17) is 75.3 Å². The van der Waals surface area contributed by atoms with E-state index >= 15 is 0 Å². The summed E-state index contributed by atoms with van der Waals surface area (Å²) in [6.45, 7) is 0. The van der Waals surface area contributed by atoms with Crippen LogP contribution in [0.15, 0.2) is 24.3 Å². The number of hydrogen-bond donors (Lipinski definition) is 1. The van der Waals surface area contributed by atoms with Crippen molar-refractivity contribution in [2.45, 2.75) is 7.59 Å². The van der Waals surface area contributed by atoms with Crippen molar-refractivity contribution in [3.63, 3.8) is 0 Å². The van der Waals surface area contributed by atoms with Gasteiger partial charge in [0.2, 0.25) is 13.5 Å². The molecular weight excluding hydrogens is 429 g/mol. The highest BCUT2D eigenvalue weighted by molar-refractivity contribution is 6.67. The van der Waals surface area contributed by atoms with E-state index in [0.717, 1.165) is 0 Å². The Morgan fingerprint density at radius 1 is 0.870 bits per heavy atom. The topological polar surface area (TPSA) is 81.8 Å². The number of halogens is 6. The van der Waals surface area contributed by atoms with Crippen molar-refractivity contribution < 1.29 is 4.79 Å². The normalized spacial score (nSPS) is 12.3. The highest BCUT2D eigenvalue weighted by Crippen LogP contribution is 2.40. The molecule has 2 N–H and O–H groups in total. The molecule has 2 rings (SSSR count). The van der Waals surface area contributed by atoms with Crippen LogP contribution in [-0.2, 0) is 7.59 Å². The van der Waals surface area contributed by atoms with Crippen LogP contribution in [0.1, 0.15) is 22.0 Å². The summed E-state index contributed by atoms with van der Waals surface area (Å²) in [5.74, 6) is -1.22. The van der Waals surface area contributed by atoms with Gasteiger partial charge < -0.3 is 5.73 Å². The third-order valence-corrected chi connectivity index (χ3v) is 3.59. The van der Waals surface area contributed by atoms with Crippen LogP contribution < -0.4 is 5.73 Å². The lowest BCUT2D eigenvalue weighted by Crippen LogP contribution is -2.18. The number of amides is 1. The molecule has 0 saturated heterocycles.